The van der Waals surface area contributed by atoms with E-state index in [1.807, 2.05) is 49.0 Å². The number of hydrogen-bond acceptors (Lipinski definition) is 4. The van der Waals surface area contributed by atoms with Crippen LogP contribution in [0.2, 0.25) is 0 Å². The maximum absolute atomic E-state index is 10.8. The van der Waals surface area contributed by atoms with Crippen LogP contribution in [0.1, 0.15) is 5.56 Å². The Balaban J connectivity index is 2.21. The third-order valence-electron chi connectivity index (χ3n) is 3.10. The van der Waals surface area contributed by atoms with Crippen LogP contribution in [0.4, 0.5) is 0 Å². The Kier molecular flexibility index (Phi) is 3.42. The Morgan fingerprint density at radius 2 is 2.19 bits per heavy atom. The Hall–Kier alpha value is -2.28. The summed E-state index contributed by atoms with van der Waals surface area (Å²) in [4.78, 5) is 15.4. The predicted octanol–water partition coefficient (Wildman–Crippen LogP) is 2.24. The largest absolute Gasteiger partial charge is 0.481 e. The number of nitrogens with zero attached hydrogens (tertiary/aromatic N) is 4. The summed E-state index contributed by atoms with van der Waals surface area (Å²) in [6.07, 6.45) is 1.85. The lowest BCUT2D eigenvalue weighted by atomic mass is 10.2. The number of benzene rings is 1. The summed E-state index contributed by atoms with van der Waals surface area (Å²) in [5.41, 5.74) is 2.88. The fourth-order valence-corrected chi connectivity index (χ4v) is 2.96. The van der Waals surface area contributed by atoms with E-state index in [1.54, 1.807) is 4.68 Å². The van der Waals surface area contributed by atoms with E-state index in [0.29, 0.717) is 5.16 Å². The van der Waals surface area contributed by atoms with Crippen molar-refractivity contribution in [2.75, 3.05) is 5.75 Å². The lowest BCUT2D eigenvalue weighted by Gasteiger charge is -2.06. The van der Waals surface area contributed by atoms with Crippen molar-refractivity contribution >= 4 is 28.8 Å². The fourth-order valence-electron chi connectivity index (χ4n) is 2.23. The quantitative estimate of drug-likeness (QED) is 0.748. The van der Waals surface area contributed by atoms with Gasteiger partial charge in [0.15, 0.2) is 11.0 Å². The van der Waals surface area contributed by atoms with Gasteiger partial charge in [0.25, 0.3) is 0 Å². The molecule has 0 amide bonds. The normalized spacial score (nSPS) is 11.1. The number of carbonyl (C=O) groups is 1. The number of aliphatic carboxylic acids is 1. The Labute approximate surface area is 125 Å². The Morgan fingerprint density at radius 1 is 1.38 bits per heavy atom. The second kappa shape index (κ2) is 5.25. The molecule has 0 fully saturated rings. The maximum atomic E-state index is 10.8. The van der Waals surface area contributed by atoms with E-state index in [4.69, 9.17) is 5.11 Å². The molecule has 3 aromatic rings. The molecule has 2 aromatic heterocycles. The van der Waals surface area contributed by atoms with Crippen molar-refractivity contribution in [3.63, 3.8) is 0 Å². The van der Waals surface area contributed by atoms with Gasteiger partial charge < -0.3 is 5.11 Å². The smallest absolute Gasteiger partial charge is 0.313 e. The lowest BCUT2D eigenvalue weighted by molar-refractivity contribution is -0.133. The van der Waals surface area contributed by atoms with Gasteiger partial charge in [-0.15, -0.1) is 0 Å². The van der Waals surface area contributed by atoms with Crippen molar-refractivity contribution in [2.24, 2.45) is 7.05 Å². The van der Waals surface area contributed by atoms with Crippen LogP contribution in [-0.4, -0.2) is 36.2 Å². The zero-order valence-corrected chi connectivity index (χ0v) is 12.5. The number of carboxylic acid groups (broad SMARTS) is 1. The summed E-state index contributed by atoms with van der Waals surface area (Å²) < 4.78 is 3.63. The molecule has 0 aliphatic rings. The van der Waals surface area contributed by atoms with Crippen molar-refractivity contribution in [2.45, 2.75) is 12.1 Å². The van der Waals surface area contributed by atoms with Gasteiger partial charge in [0.2, 0.25) is 0 Å². The first-order chi connectivity index (χ1) is 10.1. The molecule has 0 spiro atoms. The number of fused-ring (bicyclic) bond motifs is 1. The minimum absolute atomic E-state index is 0.0325. The molecule has 0 saturated heterocycles. The summed E-state index contributed by atoms with van der Waals surface area (Å²) in [5, 5.41) is 13.9. The van der Waals surface area contributed by atoms with Crippen LogP contribution in [0.15, 0.2) is 35.6 Å². The van der Waals surface area contributed by atoms with Crippen molar-refractivity contribution in [3.8, 4) is 5.82 Å². The van der Waals surface area contributed by atoms with Crippen molar-refractivity contribution in [1.82, 2.24) is 19.3 Å². The molecule has 0 aliphatic carbocycles. The average molecular weight is 302 g/mol. The highest BCUT2D eigenvalue weighted by molar-refractivity contribution is 7.99. The summed E-state index contributed by atoms with van der Waals surface area (Å²) in [6, 6.07) is 7.76. The first kappa shape index (κ1) is 13.7. The number of hydrogen-bond donors (Lipinski definition) is 1. The molecule has 1 N–H and O–H groups in total. The number of aryl methyl sites for hydroxylation is 2. The van der Waals surface area contributed by atoms with Gasteiger partial charge in [-0.25, -0.2) is 4.98 Å². The molecule has 1 aromatic carbocycles. The standard InChI is InChI=1S/C14H14N4O2S/c1-9-4-3-5-10-13(9)18(11-6-7-17(2)16-11)14(15-10)21-8-12(19)20/h3-7H,8H2,1-2H3,(H,19,20). The molecule has 0 unspecified atom stereocenters. The number of para-hydroxylation sites is 1. The molecule has 108 valence electrons. The molecule has 2 heterocycles. The molecule has 7 heteroatoms. The molecule has 3 rings (SSSR count). The Morgan fingerprint density at radius 3 is 2.86 bits per heavy atom. The van der Waals surface area contributed by atoms with E-state index < -0.39 is 5.97 Å². The molecule has 21 heavy (non-hydrogen) atoms. The molecule has 0 aliphatic heterocycles. The zero-order valence-electron chi connectivity index (χ0n) is 11.6. The van der Waals surface area contributed by atoms with Gasteiger partial charge in [-0.3, -0.25) is 14.0 Å². The van der Waals surface area contributed by atoms with E-state index >= 15 is 0 Å². The van der Waals surface area contributed by atoms with Crippen LogP contribution in [-0.2, 0) is 11.8 Å². The number of carboxylic acids is 1. The van der Waals surface area contributed by atoms with Crippen LogP contribution in [0, 0.1) is 6.92 Å². The second-order valence-electron chi connectivity index (χ2n) is 4.70. The van der Waals surface area contributed by atoms with Crippen LogP contribution in [0.25, 0.3) is 16.9 Å². The van der Waals surface area contributed by atoms with Crippen molar-refractivity contribution in [3.05, 3.63) is 36.0 Å². The SMILES string of the molecule is Cc1cccc2nc(SCC(=O)O)n(-c3ccn(C)n3)c12. The van der Waals surface area contributed by atoms with E-state index in [9.17, 15) is 4.79 Å². The summed E-state index contributed by atoms with van der Waals surface area (Å²) in [7, 11) is 1.85. The van der Waals surface area contributed by atoms with E-state index in [-0.39, 0.29) is 5.75 Å². The monoisotopic (exact) mass is 302 g/mol. The first-order valence-electron chi connectivity index (χ1n) is 6.39. The number of aromatic nitrogens is 4. The maximum Gasteiger partial charge on any atom is 0.313 e. The molecule has 6 nitrogen and oxygen atoms in total. The van der Waals surface area contributed by atoms with Crippen molar-refractivity contribution < 1.29 is 9.90 Å². The van der Waals surface area contributed by atoms with Gasteiger partial charge >= 0.3 is 5.97 Å². The molecule has 0 atom stereocenters. The third-order valence-corrected chi connectivity index (χ3v) is 4.02. The fraction of sp³-hybridized carbons (Fsp3) is 0.214. The summed E-state index contributed by atoms with van der Waals surface area (Å²) >= 11 is 1.20. The van der Waals surface area contributed by atoms with Gasteiger partial charge in [-0.2, -0.15) is 5.10 Å². The predicted molar refractivity (Wildman–Crippen MR) is 80.9 cm³/mol. The highest BCUT2D eigenvalue weighted by atomic mass is 32.2. The van der Waals surface area contributed by atoms with Gasteiger partial charge in [0.1, 0.15) is 0 Å². The molecule has 0 radical (unpaired) electrons. The minimum Gasteiger partial charge on any atom is -0.481 e. The van der Waals surface area contributed by atoms with Crippen LogP contribution < -0.4 is 0 Å². The molecule has 0 bridgehead atoms. The topological polar surface area (TPSA) is 72.9 Å². The summed E-state index contributed by atoms with van der Waals surface area (Å²) in [6.45, 7) is 2.01. The number of rotatable bonds is 4. The minimum atomic E-state index is -0.864. The second-order valence-corrected chi connectivity index (χ2v) is 5.64. The number of imidazole rings is 1. The highest BCUT2D eigenvalue weighted by Gasteiger charge is 2.17. The molecular weight excluding hydrogens is 288 g/mol. The van der Waals surface area contributed by atoms with Crippen molar-refractivity contribution in [1.29, 1.82) is 0 Å². The summed E-state index contributed by atoms with van der Waals surface area (Å²) in [5.74, 6) is -0.159. The highest BCUT2D eigenvalue weighted by Crippen LogP contribution is 2.29. The molecular formula is C14H14N4O2S. The lowest BCUT2D eigenvalue weighted by Crippen LogP contribution is -2.03. The van der Waals surface area contributed by atoms with E-state index in [1.165, 1.54) is 11.8 Å². The van der Waals surface area contributed by atoms with E-state index in [0.717, 1.165) is 22.4 Å². The Bertz CT molecular complexity index is 822. The van der Waals surface area contributed by atoms with Gasteiger partial charge in [-0.05, 0) is 18.6 Å². The van der Waals surface area contributed by atoms with Crippen LogP contribution in [0.3, 0.4) is 0 Å². The molecule has 0 saturated carbocycles. The number of thioether (sulfide) groups is 1. The van der Waals surface area contributed by atoms with Gasteiger partial charge in [-0.1, -0.05) is 23.9 Å². The third kappa shape index (κ3) is 2.52. The van der Waals surface area contributed by atoms with Gasteiger partial charge in [0, 0.05) is 19.3 Å². The first-order valence-corrected chi connectivity index (χ1v) is 7.37. The van der Waals surface area contributed by atoms with Gasteiger partial charge in [0.05, 0.1) is 16.8 Å². The zero-order chi connectivity index (χ0) is 15.0. The van der Waals surface area contributed by atoms with Crippen LogP contribution in [0.5, 0.6) is 0 Å². The van der Waals surface area contributed by atoms with Crippen LogP contribution >= 0.6 is 11.8 Å². The van der Waals surface area contributed by atoms with E-state index in [2.05, 4.69) is 10.1 Å². The average Bonchev–Trinajstić information content (AvgIpc) is 3.00.